The number of amides is 1. The SMILES string of the molecule is CC[C@@]1(O)C(=O)OCc2c1cc1n(c2=O)Cc2c-1nc1cc(F)c(C)c3c1c2[C@@H](NC(=O)C(C)([NH3+])COC)CC3. The van der Waals surface area contributed by atoms with E-state index in [2.05, 4.69) is 11.1 Å². The minimum Gasteiger partial charge on any atom is -0.458 e. The Bertz CT molecular complexity index is 1700. The van der Waals surface area contributed by atoms with Crippen molar-refractivity contribution in [2.24, 2.45) is 0 Å². The fourth-order valence-corrected chi connectivity index (χ4v) is 6.42. The molecule has 210 valence electrons. The monoisotopic (exact) mass is 551 g/mol. The summed E-state index contributed by atoms with van der Waals surface area (Å²) in [6.45, 7) is 5.15. The molecule has 0 saturated carbocycles. The Morgan fingerprint density at radius 1 is 1.35 bits per heavy atom. The number of esters is 1. The van der Waals surface area contributed by atoms with E-state index in [0.717, 1.165) is 22.1 Å². The minimum atomic E-state index is -1.96. The molecular formula is C29H32FN4O6+. The van der Waals surface area contributed by atoms with Gasteiger partial charge in [0.1, 0.15) is 19.0 Å². The van der Waals surface area contributed by atoms with E-state index < -0.39 is 23.2 Å². The van der Waals surface area contributed by atoms with Crippen LogP contribution in [-0.2, 0) is 44.2 Å². The smallest absolute Gasteiger partial charge is 0.343 e. The van der Waals surface area contributed by atoms with Gasteiger partial charge in [-0.25, -0.2) is 14.2 Å². The van der Waals surface area contributed by atoms with Crippen LogP contribution >= 0.6 is 0 Å². The molecule has 3 atom stereocenters. The highest BCUT2D eigenvalue weighted by Crippen LogP contribution is 2.46. The van der Waals surface area contributed by atoms with E-state index in [1.54, 1.807) is 31.4 Å². The summed E-state index contributed by atoms with van der Waals surface area (Å²) < 4.78 is 27.0. The Hall–Kier alpha value is -3.67. The molecule has 3 aliphatic rings. The third kappa shape index (κ3) is 3.57. The number of rotatable bonds is 5. The van der Waals surface area contributed by atoms with Crippen LogP contribution in [0.4, 0.5) is 4.39 Å². The number of cyclic esters (lactones) is 1. The minimum absolute atomic E-state index is 0.0260. The molecule has 1 aromatic carbocycles. The van der Waals surface area contributed by atoms with Gasteiger partial charge in [0.25, 0.3) is 11.5 Å². The number of nitrogens with zero attached hydrogens (tertiary/aromatic N) is 2. The van der Waals surface area contributed by atoms with Gasteiger partial charge in [-0.3, -0.25) is 9.59 Å². The average molecular weight is 552 g/mol. The van der Waals surface area contributed by atoms with E-state index in [9.17, 15) is 19.5 Å². The summed E-state index contributed by atoms with van der Waals surface area (Å²) in [5.41, 5.74) is 5.31. The molecule has 1 unspecified atom stereocenters. The van der Waals surface area contributed by atoms with Crippen LogP contribution in [0.2, 0.25) is 0 Å². The molecule has 11 heteroatoms. The summed E-state index contributed by atoms with van der Waals surface area (Å²) in [6, 6.07) is 2.59. The third-order valence-corrected chi connectivity index (χ3v) is 8.69. The molecule has 2 aliphatic heterocycles. The topological polar surface area (TPSA) is 147 Å². The zero-order chi connectivity index (χ0) is 28.7. The van der Waals surface area contributed by atoms with Crippen LogP contribution in [0, 0.1) is 12.7 Å². The molecule has 10 nitrogen and oxygen atoms in total. The van der Waals surface area contributed by atoms with Crippen molar-refractivity contribution in [1.82, 2.24) is 14.9 Å². The molecule has 3 aromatic rings. The number of methoxy groups -OCH3 is 1. The Balaban J connectivity index is 1.60. The first-order valence-corrected chi connectivity index (χ1v) is 13.4. The van der Waals surface area contributed by atoms with Crippen molar-refractivity contribution in [2.45, 2.75) is 70.4 Å². The number of pyridine rings is 2. The lowest BCUT2D eigenvalue weighted by molar-refractivity contribution is -0.458. The highest BCUT2D eigenvalue weighted by molar-refractivity contribution is 5.94. The van der Waals surface area contributed by atoms with Crippen molar-refractivity contribution in [3.63, 3.8) is 0 Å². The number of carbonyl (C=O) groups is 2. The van der Waals surface area contributed by atoms with Crippen LogP contribution in [0.3, 0.4) is 0 Å². The number of ether oxygens (including phenoxy) is 2. The normalized spacial score (nSPS) is 22.3. The van der Waals surface area contributed by atoms with Gasteiger partial charge >= 0.3 is 5.97 Å². The highest BCUT2D eigenvalue weighted by Gasteiger charge is 2.46. The number of aliphatic hydroxyl groups is 1. The van der Waals surface area contributed by atoms with Gasteiger partial charge in [0.15, 0.2) is 11.1 Å². The molecule has 6 rings (SSSR count). The highest BCUT2D eigenvalue weighted by atomic mass is 19.1. The molecule has 0 radical (unpaired) electrons. The largest absolute Gasteiger partial charge is 0.458 e. The fraction of sp³-hybridized carbons (Fsp3) is 0.448. The van der Waals surface area contributed by atoms with Gasteiger partial charge in [-0.1, -0.05) is 6.92 Å². The van der Waals surface area contributed by atoms with Gasteiger partial charge in [-0.15, -0.1) is 0 Å². The number of nitrogens with one attached hydrogen (secondary N) is 1. The summed E-state index contributed by atoms with van der Waals surface area (Å²) >= 11 is 0. The average Bonchev–Trinajstić information content (AvgIpc) is 3.28. The molecule has 5 N–H and O–H groups in total. The second-order valence-corrected chi connectivity index (χ2v) is 11.4. The first-order valence-electron chi connectivity index (χ1n) is 13.4. The van der Waals surface area contributed by atoms with Crippen molar-refractivity contribution < 1.29 is 34.3 Å². The summed E-state index contributed by atoms with van der Waals surface area (Å²) in [5.74, 6) is -1.46. The van der Waals surface area contributed by atoms with Crippen molar-refractivity contribution in [3.8, 4) is 11.4 Å². The van der Waals surface area contributed by atoms with Gasteiger partial charge in [-0.05, 0) is 48.9 Å². The van der Waals surface area contributed by atoms with E-state index in [1.165, 1.54) is 13.2 Å². The Labute approximate surface area is 229 Å². The Kier molecular flexibility index (Phi) is 5.92. The quantitative estimate of drug-likeness (QED) is 0.317. The van der Waals surface area contributed by atoms with Crippen LogP contribution < -0.4 is 16.6 Å². The number of hydrogen-bond acceptors (Lipinski definition) is 7. The lowest BCUT2D eigenvalue weighted by Gasteiger charge is -2.31. The van der Waals surface area contributed by atoms with E-state index >= 15 is 4.39 Å². The summed E-state index contributed by atoms with van der Waals surface area (Å²) in [5, 5.41) is 15.1. The van der Waals surface area contributed by atoms with Crippen molar-refractivity contribution >= 4 is 22.8 Å². The predicted octanol–water partition coefficient (Wildman–Crippen LogP) is 1.28. The third-order valence-electron chi connectivity index (χ3n) is 8.69. The molecule has 40 heavy (non-hydrogen) atoms. The zero-order valence-corrected chi connectivity index (χ0v) is 22.9. The maximum absolute atomic E-state index is 15.1. The van der Waals surface area contributed by atoms with Crippen molar-refractivity contribution in [3.05, 3.63) is 61.7 Å². The van der Waals surface area contributed by atoms with Crippen LogP contribution in [0.5, 0.6) is 0 Å². The predicted molar refractivity (Wildman–Crippen MR) is 142 cm³/mol. The lowest BCUT2D eigenvalue weighted by atomic mass is 9.81. The first kappa shape index (κ1) is 26.5. The summed E-state index contributed by atoms with van der Waals surface area (Å²) in [4.78, 5) is 44.4. The summed E-state index contributed by atoms with van der Waals surface area (Å²) in [6.07, 6.45) is 1.09. The van der Waals surface area contributed by atoms with E-state index in [0.29, 0.717) is 35.3 Å². The lowest BCUT2D eigenvalue weighted by Crippen LogP contribution is -2.79. The number of fused-ring (bicyclic) bond motifs is 5. The molecule has 1 aliphatic carbocycles. The second-order valence-electron chi connectivity index (χ2n) is 11.4. The second kappa shape index (κ2) is 8.92. The van der Waals surface area contributed by atoms with Crippen LogP contribution in [-0.4, -0.2) is 45.8 Å². The van der Waals surface area contributed by atoms with Crippen LogP contribution in [0.25, 0.3) is 22.3 Å². The maximum Gasteiger partial charge on any atom is 0.343 e. The molecule has 0 spiro atoms. The standard InChI is InChI=1S/C29H31FN4O6/c1-5-29(38)17-8-21-24-15(10-34(21)25(35)16(17)11-40-27(29)37)23-19(33-26(36)28(3,31)12-39-4)7-6-14-13(2)18(30)9-20(32-24)22(14)23/h8-9,19,38H,5-7,10-12,31H2,1-4H3,(H,33,36)/p+1/t19-,28?,29-/m0/s1. The Morgan fingerprint density at radius 3 is 2.80 bits per heavy atom. The number of benzene rings is 1. The first-order chi connectivity index (χ1) is 18.9. The van der Waals surface area contributed by atoms with Gasteiger partial charge in [-0.2, -0.15) is 0 Å². The van der Waals surface area contributed by atoms with Crippen LogP contribution in [0.15, 0.2) is 16.9 Å². The molecule has 0 fully saturated rings. The van der Waals surface area contributed by atoms with Gasteiger partial charge in [0.05, 0.1) is 35.1 Å². The van der Waals surface area contributed by atoms with Crippen molar-refractivity contribution in [1.29, 1.82) is 0 Å². The van der Waals surface area contributed by atoms with Gasteiger partial charge in [0, 0.05) is 36.6 Å². The molecule has 4 heterocycles. The molecule has 0 saturated heterocycles. The molecule has 1 amide bonds. The number of quaternary nitrogens is 1. The van der Waals surface area contributed by atoms with Crippen molar-refractivity contribution in [2.75, 3.05) is 13.7 Å². The fourth-order valence-electron chi connectivity index (χ4n) is 6.42. The van der Waals surface area contributed by atoms with E-state index in [-0.39, 0.29) is 54.6 Å². The van der Waals surface area contributed by atoms with Gasteiger partial charge in [0.2, 0.25) is 0 Å². The Morgan fingerprint density at radius 2 is 2.10 bits per heavy atom. The molecule has 2 aromatic heterocycles. The van der Waals surface area contributed by atoms with E-state index in [4.69, 9.17) is 14.5 Å². The zero-order valence-electron chi connectivity index (χ0n) is 22.9. The van der Waals surface area contributed by atoms with E-state index in [1.807, 2.05) is 0 Å². The van der Waals surface area contributed by atoms with Gasteiger partial charge < -0.3 is 30.2 Å². The molecular weight excluding hydrogens is 519 g/mol. The number of halogens is 1. The number of aryl methyl sites for hydroxylation is 1. The maximum atomic E-state index is 15.1. The summed E-state index contributed by atoms with van der Waals surface area (Å²) in [7, 11) is 1.51. The number of carbonyl (C=O) groups excluding carboxylic acids is 2. The molecule has 0 bridgehead atoms. The number of hydrogen-bond donors (Lipinski definition) is 3. The van der Waals surface area contributed by atoms with Crippen LogP contribution in [0.1, 0.15) is 66.1 Å². The number of aromatic nitrogens is 2.